The van der Waals surface area contributed by atoms with Crippen molar-refractivity contribution >= 4 is 12.2 Å². The van der Waals surface area contributed by atoms with Crippen molar-refractivity contribution in [3.63, 3.8) is 0 Å². The maximum Gasteiger partial charge on any atom is 0.498 e. The number of halogens is 1. The first-order valence-electron chi connectivity index (χ1n) is 6.86. The van der Waals surface area contributed by atoms with Crippen LogP contribution in [0.4, 0.5) is 0 Å². The summed E-state index contributed by atoms with van der Waals surface area (Å²) < 4.78 is 3.19. The quantitative estimate of drug-likeness (QED) is 0.723. The summed E-state index contributed by atoms with van der Waals surface area (Å²) in [4.78, 5) is 12.0. The van der Waals surface area contributed by atoms with E-state index < -0.39 is 0 Å². The Balaban J connectivity index is 0.00000242. The zero-order chi connectivity index (χ0) is 15.7. The van der Waals surface area contributed by atoms with Crippen LogP contribution in [-0.2, 0) is 14.1 Å². The van der Waals surface area contributed by atoms with Crippen LogP contribution < -0.4 is 22.7 Å². The molecule has 1 N–H and O–H groups in total. The first-order chi connectivity index (χ1) is 9.81. The zero-order valence-corrected chi connectivity index (χ0v) is 14.3. The maximum absolute atomic E-state index is 12.0. The molecule has 1 heterocycles. The van der Waals surface area contributed by atoms with Crippen LogP contribution >= 0.6 is 0 Å². The molecule has 0 atom stereocenters. The van der Waals surface area contributed by atoms with Crippen LogP contribution in [0.2, 0.25) is 0 Å². The van der Waals surface area contributed by atoms with Crippen LogP contribution in [0.25, 0.3) is 12.2 Å². The number of aryl methyl sites for hydroxylation is 3. The summed E-state index contributed by atoms with van der Waals surface area (Å²) in [5.74, 6) is 0.278. The van der Waals surface area contributed by atoms with E-state index in [0.717, 1.165) is 28.1 Å². The molecule has 0 saturated carbocycles. The number of phenols is 1. The molecule has 1 aromatic carbocycles. The minimum Gasteiger partial charge on any atom is -1.00 e. The van der Waals surface area contributed by atoms with Gasteiger partial charge in [-0.05, 0) is 44.6 Å². The summed E-state index contributed by atoms with van der Waals surface area (Å²) >= 11 is 0. The number of hydrogen-bond acceptors (Lipinski definition) is 2. The van der Waals surface area contributed by atoms with Gasteiger partial charge in [0.15, 0.2) is 0 Å². The lowest BCUT2D eigenvalue weighted by atomic mass is 10.0. The first kappa shape index (κ1) is 18.0. The molecular weight excluding hydrogens is 300 g/mol. The molecule has 2 rings (SSSR count). The Morgan fingerprint density at radius 2 is 1.77 bits per heavy atom. The molecular formula is C17H21ClN2O2. The Hall–Kier alpha value is -2.07. The molecule has 0 aliphatic carbocycles. The lowest BCUT2D eigenvalue weighted by Crippen LogP contribution is -3.00. The fourth-order valence-electron chi connectivity index (χ4n) is 2.35. The molecule has 0 saturated heterocycles. The van der Waals surface area contributed by atoms with Gasteiger partial charge in [-0.3, -0.25) is 0 Å². The van der Waals surface area contributed by atoms with E-state index in [9.17, 15) is 9.90 Å². The smallest absolute Gasteiger partial charge is 0.498 e. The van der Waals surface area contributed by atoms with Crippen LogP contribution in [0, 0.1) is 20.8 Å². The Morgan fingerprint density at radius 1 is 1.14 bits per heavy atom. The van der Waals surface area contributed by atoms with Gasteiger partial charge in [0, 0.05) is 11.6 Å². The van der Waals surface area contributed by atoms with E-state index in [0.29, 0.717) is 0 Å². The summed E-state index contributed by atoms with van der Waals surface area (Å²) in [7, 11) is 3.49. The van der Waals surface area contributed by atoms with E-state index in [-0.39, 0.29) is 23.8 Å². The van der Waals surface area contributed by atoms with Gasteiger partial charge in [0.25, 0.3) is 0 Å². The molecule has 0 aliphatic heterocycles. The highest BCUT2D eigenvalue weighted by atomic mass is 35.5. The molecule has 2 aromatic rings. The van der Waals surface area contributed by atoms with Crippen molar-refractivity contribution in [3.05, 3.63) is 56.8 Å². The monoisotopic (exact) mass is 320 g/mol. The van der Waals surface area contributed by atoms with Crippen molar-refractivity contribution < 1.29 is 22.1 Å². The molecule has 22 heavy (non-hydrogen) atoms. The second-order valence-corrected chi connectivity index (χ2v) is 5.46. The normalized spacial score (nSPS) is 10.8. The third-order valence-corrected chi connectivity index (χ3v) is 3.75. The first-order valence-corrected chi connectivity index (χ1v) is 6.86. The second-order valence-electron chi connectivity index (χ2n) is 5.46. The average molecular weight is 321 g/mol. The van der Waals surface area contributed by atoms with Gasteiger partial charge in [-0.25, -0.2) is 0 Å². The van der Waals surface area contributed by atoms with Gasteiger partial charge >= 0.3 is 5.69 Å². The highest BCUT2D eigenvalue weighted by Crippen LogP contribution is 2.25. The fraction of sp³-hybridized carbons (Fsp3) is 0.294. The number of aromatic hydroxyl groups is 1. The van der Waals surface area contributed by atoms with Gasteiger partial charge in [-0.2, -0.15) is 13.9 Å². The summed E-state index contributed by atoms with van der Waals surface area (Å²) in [5.41, 5.74) is 4.32. The van der Waals surface area contributed by atoms with Crippen molar-refractivity contribution in [1.82, 2.24) is 4.57 Å². The number of rotatable bonds is 2. The van der Waals surface area contributed by atoms with Gasteiger partial charge < -0.3 is 17.5 Å². The average Bonchev–Trinajstić information content (AvgIpc) is 2.43. The third-order valence-electron chi connectivity index (χ3n) is 3.75. The molecule has 0 amide bonds. The predicted molar refractivity (Wildman–Crippen MR) is 84.1 cm³/mol. The van der Waals surface area contributed by atoms with Crippen LogP contribution in [0.1, 0.15) is 28.1 Å². The lowest BCUT2D eigenvalue weighted by Gasteiger charge is -2.05. The highest BCUT2D eigenvalue weighted by molar-refractivity contribution is 5.71. The Morgan fingerprint density at radius 3 is 2.41 bits per heavy atom. The van der Waals surface area contributed by atoms with Gasteiger partial charge in [0.05, 0.1) is 14.1 Å². The lowest BCUT2D eigenvalue weighted by molar-refractivity contribution is -0.692. The third kappa shape index (κ3) is 3.39. The molecule has 4 nitrogen and oxygen atoms in total. The minimum atomic E-state index is -0.0701. The molecule has 0 unspecified atom stereocenters. The zero-order valence-electron chi connectivity index (χ0n) is 13.5. The van der Waals surface area contributed by atoms with E-state index in [4.69, 9.17) is 0 Å². The molecule has 1 aromatic heterocycles. The number of aromatic nitrogens is 2. The van der Waals surface area contributed by atoms with Crippen LogP contribution in [0.15, 0.2) is 23.0 Å². The molecule has 0 radical (unpaired) electrons. The van der Waals surface area contributed by atoms with Crippen LogP contribution in [0.3, 0.4) is 0 Å². The number of nitrogens with zero attached hydrogens (tertiary/aromatic N) is 2. The standard InChI is InChI=1S/C17H20N2O2.ClH/c1-11-8-12(2)16(20)14(9-11)6-7-15-10-13(3)18(4)17(21)19(15)5;/h6-10H,1-5H3;1H. The van der Waals surface area contributed by atoms with E-state index in [2.05, 4.69) is 0 Å². The Bertz CT molecular complexity index is 792. The molecule has 0 spiro atoms. The number of phenolic OH excluding ortho intramolecular Hbond substituents is 1. The largest absolute Gasteiger partial charge is 1.00 e. The molecule has 0 fully saturated rings. The number of hydrogen-bond donors (Lipinski definition) is 1. The van der Waals surface area contributed by atoms with Gasteiger partial charge in [0.2, 0.25) is 0 Å². The SMILES string of the molecule is Cc1cc(C)c(O)c(/C=C/c2cc(C)n(C)c(=O)[n+]2C)c1.[Cl-]. The minimum absolute atomic E-state index is 0. The predicted octanol–water partition coefficient (Wildman–Crippen LogP) is -0.985. The van der Waals surface area contributed by atoms with Crippen LogP contribution in [-0.4, -0.2) is 9.67 Å². The fourth-order valence-corrected chi connectivity index (χ4v) is 2.35. The Kier molecular flexibility index (Phi) is 5.55. The maximum atomic E-state index is 12.0. The van der Waals surface area contributed by atoms with Crippen LogP contribution in [0.5, 0.6) is 5.75 Å². The molecule has 118 valence electrons. The molecule has 0 bridgehead atoms. The van der Waals surface area contributed by atoms with E-state index >= 15 is 0 Å². The summed E-state index contributed by atoms with van der Waals surface area (Å²) in [6, 6.07) is 5.80. The van der Waals surface area contributed by atoms with Gasteiger partial charge in [0.1, 0.15) is 17.1 Å². The summed E-state index contributed by atoms with van der Waals surface area (Å²) in [6.45, 7) is 5.77. The second kappa shape index (κ2) is 6.79. The van der Waals surface area contributed by atoms with Crippen molar-refractivity contribution in [2.75, 3.05) is 0 Å². The van der Waals surface area contributed by atoms with Crippen molar-refractivity contribution in [3.8, 4) is 5.75 Å². The number of benzene rings is 1. The van der Waals surface area contributed by atoms with Gasteiger partial charge in [-0.1, -0.05) is 11.6 Å². The van der Waals surface area contributed by atoms with E-state index in [1.165, 1.54) is 0 Å². The highest BCUT2D eigenvalue weighted by Gasteiger charge is 2.11. The van der Waals surface area contributed by atoms with E-state index in [1.807, 2.05) is 51.1 Å². The summed E-state index contributed by atoms with van der Waals surface area (Å²) in [5, 5.41) is 10.1. The van der Waals surface area contributed by atoms with Crippen molar-refractivity contribution in [2.24, 2.45) is 14.1 Å². The van der Waals surface area contributed by atoms with E-state index in [1.54, 1.807) is 23.2 Å². The van der Waals surface area contributed by atoms with Crippen molar-refractivity contribution in [1.29, 1.82) is 0 Å². The molecule has 0 aliphatic rings. The topological polar surface area (TPSA) is 46.1 Å². The summed E-state index contributed by atoms with van der Waals surface area (Å²) in [6.07, 6.45) is 3.69. The van der Waals surface area contributed by atoms with Crippen molar-refractivity contribution in [2.45, 2.75) is 20.8 Å². The molecule has 5 heteroatoms. The Labute approximate surface area is 136 Å². The van der Waals surface area contributed by atoms with Gasteiger partial charge in [-0.15, -0.1) is 0 Å².